The zero-order valence-corrected chi connectivity index (χ0v) is 21.9. The number of fused-ring (bicyclic) bond motifs is 1. The quantitative estimate of drug-likeness (QED) is 0.130. The third-order valence-corrected chi connectivity index (χ3v) is 8.19. The van der Waals surface area contributed by atoms with Crippen molar-refractivity contribution >= 4 is 69.6 Å². The molecule has 37 heavy (non-hydrogen) atoms. The lowest BCUT2D eigenvalue weighted by Gasteiger charge is -2.49. The molecule has 14 heteroatoms. The summed E-state index contributed by atoms with van der Waals surface area (Å²) < 4.78 is 0. The molecule has 2 atom stereocenters. The van der Waals surface area contributed by atoms with Gasteiger partial charge in [0.15, 0.2) is 10.8 Å². The molecular formula is C23H22N6O5S3. The lowest BCUT2D eigenvalue weighted by atomic mass is 10.0. The number of rotatable bonds is 10. The highest BCUT2D eigenvalue weighted by atomic mass is 32.2. The maximum absolute atomic E-state index is 13.0. The third kappa shape index (κ3) is 5.87. The molecule has 0 saturated carbocycles. The second kappa shape index (κ2) is 11.6. The van der Waals surface area contributed by atoms with Crippen LogP contribution in [0.1, 0.15) is 17.0 Å². The van der Waals surface area contributed by atoms with E-state index in [0.29, 0.717) is 10.7 Å². The standard InChI is InChI=1S/C23H22N6O5S3/c1-3-7-34-28-16(14-10-37-23(24)26-14)19(30)27-17-20(31)29-18(22(32)33)15(11-36-21(17)29)35-8-6-13-5-4-12(2)25-9-13/h3-6,8-10,17,21H,1,7,11H2,2H3,(H2,24,26)(H,27,30)(H,32,33)/b8-6-,28-16?/t17?,21-/m0/s1. The summed E-state index contributed by atoms with van der Waals surface area (Å²) in [6, 6.07) is 2.85. The zero-order valence-electron chi connectivity index (χ0n) is 19.5. The fraction of sp³-hybridized carbons (Fsp3) is 0.217. The number of hydrogen-bond donors (Lipinski definition) is 3. The predicted molar refractivity (Wildman–Crippen MR) is 144 cm³/mol. The molecule has 4 N–H and O–H groups in total. The summed E-state index contributed by atoms with van der Waals surface area (Å²) in [4.78, 5) is 53.2. The minimum absolute atomic E-state index is 0.0626. The zero-order chi connectivity index (χ0) is 26.5. The van der Waals surface area contributed by atoms with Crippen molar-refractivity contribution in [2.24, 2.45) is 5.16 Å². The summed E-state index contributed by atoms with van der Waals surface area (Å²) in [5.41, 5.74) is 7.40. The Balaban J connectivity index is 1.48. The van der Waals surface area contributed by atoms with Crippen LogP contribution in [0.4, 0.5) is 5.13 Å². The first-order chi connectivity index (χ1) is 17.8. The number of oxime groups is 1. The number of nitrogens with zero attached hydrogens (tertiary/aromatic N) is 4. The molecule has 2 aliphatic rings. The lowest BCUT2D eigenvalue weighted by molar-refractivity contribution is -0.150. The Morgan fingerprint density at radius 3 is 2.92 bits per heavy atom. The fourth-order valence-electron chi connectivity index (χ4n) is 3.42. The maximum atomic E-state index is 13.0. The summed E-state index contributed by atoms with van der Waals surface area (Å²) in [7, 11) is 0. The van der Waals surface area contributed by atoms with E-state index in [9.17, 15) is 19.5 Å². The van der Waals surface area contributed by atoms with Gasteiger partial charge in [0.1, 0.15) is 29.4 Å². The number of nitrogens with two attached hydrogens (primary N) is 1. The van der Waals surface area contributed by atoms with Crippen LogP contribution >= 0.6 is 34.9 Å². The van der Waals surface area contributed by atoms with Crippen molar-refractivity contribution in [3.63, 3.8) is 0 Å². The number of carboxylic acid groups (broad SMARTS) is 1. The molecule has 1 saturated heterocycles. The van der Waals surface area contributed by atoms with Gasteiger partial charge in [0, 0.05) is 27.9 Å². The van der Waals surface area contributed by atoms with E-state index in [1.54, 1.807) is 17.0 Å². The van der Waals surface area contributed by atoms with Crippen LogP contribution in [-0.4, -0.2) is 67.2 Å². The van der Waals surface area contributed by atoms with Gasteiger partial charge in [-0.2, -0.15) is 0 Å². The van der Waals surface area contributed by atoms with Crippen LogP contribution in [-0.2, 0) is 19.2 Å². The molecule has 2 aromatic heterocycles. The number of aryl methyl sites for hydroxylation is 1. The molecule has 192 valence electrons. The number of pyridine rings is 1. The molecule has 2 amide bonds. The molecule has 1 fully saturated rings. The van der Waals surface area contributed by atoms with E-state index in [-0.39, 0.29) is 28.8 Å². The molecule has 2 aliphatic heterocycles. The fourth-order valence-corrected chi connectivity index (χ4v) is 6.32. The molecular weight excluding hydrogens is 536 g/mol. The monoisotopic (exact) mass is 558 g/mol. The highest BCUT2D eigenvalue weighted by molar-refractivity contribution is 8.08. The van der Waals surface area contributed by atoms with Crippen LogP contribution in [0.25, 0.3) is 6.08 Å². The van der Waals surface area contributed by atoms with Crippen molar-refractivity contribution in [2.45, 2.75) is 18.3 Å². The van der Waals surface area contributed by atoms with E-state index in [4.69, 9.17) is 10.6 Å². The van der Waals surface area contributed by atoms with Crippen LogP contribution in [0.15, 0.2) is 57.5 Å². The molecule has 2 aromatic rings. The average molecular weight is 559 g/mol. The number of aromatic nitrogens is 2. The van der Waals surface area contributed by atoms with Crippen LogP contribution in [0.5, 0.6) is 0 Å². The summed E-state index contributed by atoms with van der Waals surface area (Å²) >= 11 is 3.72. The Morgan fingerprint density at radius 1 is 1.46 bits per heavy atom. The van der Waals surface area contributed by atoms with Crippen molar-refractivity contribution in [1.29, 1.82) is 0 Å². The summed E-state index contributed by atoms with van der Waals surface area (Å²) in [6.45, 7) is 5.48. The number of carbonyl (C=O) groups is 3. The van der Waals surface area contributed by atoms with Gasteiger partial charge in [0.25, 0.3) is 11.8 Å². The molecule has 0 spiro atoms. The first-order valence-corrected chi connectivity index (χ1v) is 13.6. The van der Waals surface area contributed by atoms with Gasteiger partial charge < -0.3 is 21.0 Å². The van der Waals surface area contributed by atoms with Crippen molar-refractivity contribution in [3.8, 4) is 0 Å². The van der Waals surface area contributed by atoms with E-state index in [2.05, 4.69) is 27.0 Å². The number of carboxylic acids is 1. The van der Waals surface area contributed by atoms with E-state index in [1.807, 2.05) is 25.1 Å². The number of hydrogen-bond acceptors (Lipinski definition) is 11. The molecule has 4 rings (SSSR count). The number of aliphatic carboxylic acids is 1. The second-order valence-electron chi connectivity index (χ2n) is 7.69. The lowest BCUT2D eigenvalue weighted by Crippen LogP contribution is -2.71. The Kier molecular flexibility index (Phi) is 8.31. The van der Waals surface area contributed by atoms with E-state index >= 15 is 0 Å². The number of amides is 2. The molecule has 0 aromatic carbocycles. The van der Waals surface area contributed by atoms with Gasteiger partial charge in [-0.05, 0) is 30.0 Å². The minimum Gasteiger partial charge on any atom is -0.477 e. The molecule has 11 nitrogen and oxygen atoms in total. The number of thioether (sulfide) groups is 2. The second-order valence-corrected chi connectivity index (χ2v) is 10.7. The number of anilines is 1. The van der Waals surface area contributed by atoms with Crippen LogP contribution in [0.3, 0.4) is 0 Å². The highest BCUT2D eigenvalue weighted by Crippen LogP contribution is 2.43. The predicted octanol–water partition coefficient (Wildman–Crippen LogP) is 2.44. The molecule has 4 heterocycles. The topological polar surface area (TPSA) is 160 Å². The van der Waals surface area contributed by atoms with Gasteiger partial charge in [0.2, 0.25) is 0 Å². The van der Waals surface area contributed by atoms with Gasteiger partial charge in [-0.3, -0.25) is 19.5 Å². The van der Waals surface area contributed by atoms with Gasteiger partial charge in [-0.15, -0.1) is 23.1 Å². The Bertz CT molecular complexity index is 1320. The molecule has 1 unspecified atom stereocenters. The van der Waals surface area contributed by atoms with E-state index in [0.717, 1.165) is 22.6 Å². The Hall–Kier alpha value is -3.62. The van der Waals surface area contributed by atoms with Gasteiger partial charge in [0.05, 0.1) is 0 Å². The maximum Gasteiger partial charge on any atom is 0.353 e. The van der Waals surface area contributed by atoms with Crippen molar-refractivity contribution in [3.05, 3.63) is 69.3 Å². The number of thiazole rings is 1. The van der Waals surface area contributed by atoms with E-state index < -0.39 is 29.2 Å². The van der Waals surface area contributed by atoms with Crippen molar-refractivity contribution in [2.75, 3.05) is 18.1 Å². The van der Waals surface area contributed by atoms with Gasteiger partial charge >= 0.3 is 5.97 Å². The van der Waals surface area contributed by atoms with Crippen LogP contribution < -0.4 is 11.1 Å². The summed E-state index contributed by atoms with van der Waals surface area (Å²) in [6.07, 6.45) is 5.00. The largest absolute Gasteiger partial charge is 0.477 e. The number of carbonyl (C=O) groups excluding carboxylic acids is 2. The number of β-lactam (4-membered cyclic amide) rings is 1. The van der Waals surface area contributed by atoms with E-state index in [1.165, 1.54) is 34.5 Å². The van der Waals surface area contributed by atoms with Crippen LogP contribution in [0, 0.1) is 6.92 Å². The smallest absolute Gasteiger partial charge is 0.353 e. The first-order valence-electron chi connectivity index (χ1n) is 10.8. The normalized spacial score (nSPS) is 19.4. The first kappa shape index (κ1) is 26.4. The number of nitrogen functional groups attached to an aromatic ring is 1. The van der Waals surface area contributed by atoms with Gasteiger partial charge in [-0.1, -0.05) is 35.6 Å². The van der Waals surface area contributed by atoms with Crippen LogP contribution in [0.2, 0.25) is 0 Å². The van der Waals surface area contributed by atoms with Gasteiger partial charge in [-0.25, -0.2) is 9.78 Å². The van der Waals surface area contributed by atoms with Crippen molar-refractivity contribution in [1.82, 2.24) is 20.2 Å². The summed E-state index contributed by atoms with van der Waals surface area (Å²) in [5.74, 6) is -2.08. The Morgan fingerprint density at radius 2 is 2.27 bits per heavy atom. The average Bonchev–Trinajstić information content (AvgIpc) is 3.31. The molecule has 0 bridgehead atoms. The SMILES string of the molecule is C=CCON=C(C(=O)NC1C(=O)N2C(C(=O)O)=C(S/C=C\c3ccc(C)nc3)CS[C@@H]12)c1csc(N)n1. The Labute approximate surface area is 224 Å². The molecule has 0 aliphatic carbocycles. The minimum atomic E-state index is -1.21. The summed E-state index contributed by atoms with van der Waals surface area (Å²) in [5, 5.41) is 19.3. The van der Waals surface area contributed by atoms with Crippen molar-refractivity contribution < 1.29 is 24.3 Å². The number of nitrogens with one attached hydrogen (secondary N) is 1. The highest BCUT2D eigenvalue weighted by Gasteiger charge is 2.54. The third-order valence-electron chi connectivity index (χ3n) is 5.16. The molecule has 0 radical (unpaired) electrons.